The Morgan fingerprint density at radius 1 is 0.794 bits per heavy atom. The summed E-state index contributed by atoms with van der Waals surface area (Å²) in [7, 11) is 1.11. The molecule has 0 aromatic heterocycles. The monoisotopic (exact) mass is 872 g/mol. The van der Waals surface area contributed by atoms with Crippen molar-refractivity contribution in [3.05, 3.63) is 126 Å². The second kappa shape index (κ2) is 14.6. The van der Waals surface area contributed by atoms with Gasteiger partial charge in [0.15, 0.2) is 40.4 Å². The predicted octanol–water partition coefficient (Wildman–Crippen LogP) is 8.97. The Balaban J connectivity index is 1.29. The molecule has 0 radical (unpaired) electrons. The maximum absolute atomic E-state index is 17.1. The number of halogens is 7. The number of fused-ring (bicyclic) bond motifs is 4. The van der Waals surface area contributed by atoms with Crippen molar-refractivity contribution in [2.75, 3.05) is 31.6 Å². The normalized spacial score (nSPS) is 17.5. The number of carbonyl (C=O) groups is 2. The smallest absolute Gasteiger partial charge is 0.313 e. The Morgan fingerprint density at radius 2 is 1.48 bits per heavy atom. The zero-order valence-corrected chi connectivity index (χ0v) is 36.2. The van der Waals surface area contributed by atoms with Gasteiger partial charge in [-0.05, 0) is 94.9 Å². The molecule has 0 fully saturated rings. The Bertz CT molecular complexity index is 2960. The summed E-state index contributed by atoms with van der Waals surface area (Å²) in [5.41, 5.74) is 2.98. The third-order valence-corrected chi connectivity index (χ3v) is 13.2. The number of esters is 1. The molecule has 0 unspecified atom stereocenters. The lowest BCUT2D eigenvalue weighted by Gasteiger charge is -2.47. The van der Waals surface area contributed by atoms with Crippen LogP contribution in [0.4, 0.5) is 36.4 Å². The van der Waals surface area contributed by atoms with Gasteiger partial charge in [-0.3, -0.25) is 9.59 Å². The summed E-state index contributed by atoms with van der Waals surface area (Å²) in [6, 6.07) is 4.16. The van der Waals surface area contributed by atoms with Gasteiger partial charge in [-0.2, -0.15) is 4.39 Å². The molecule has 0 saturated carbocycles. The van der Waals surface area contributed by atoms with Crippen molar-refractivity contribution in [1.29, 1.82) is 0 Å². The fourth-order valence-electron chi connectivity index (χ4n) is 10.4. The first kappa shape index (κ1) is 42.4. The first-order chi connectivity index (χ1) is 29.6. The summed E-state index contributed by atoms with van der Waals surface area (Å²) in [6.07, 6.45) is 6.04. The van der Waals surface area contributed by atoms with Crippen LogP contribution in [-0.4, -0.2) is 54.5 Å². The lowest BCUT2D eigenvalue weighted by Crippen LogP contribution is -2.53. The zero-order valence-electron chi connectivity index (χ0n) is 36.2. The molecule has 4 aromatic rings. The maximum Gasteiger partial charge on any atom is 0.313 e. The van der Waals surface area contributed by atoms with Crippen molar-refractivity contribution in [2.45, 2.75) is 91.6 Å². The number of hydrogen-bond acceptors (Lipinski definition) is 5. The minimum Gasteiger partial charge on any atom is -0.455 e. The van der Waals surface area contributed by atoms with Crippen LogP contribution in [0.3, 0.4) is 0 Å². The highest BCUT2D eigenvalue weighted by atomic mass is 19.2. The van der Waals surface area contributed by atoms with Crippen molar-refractivity contribution in [3.63, 3.8) is 0 Å². The highest BCUT2D eigenvalue weighted by Gasteiger charge is 2.44. The van der Waals surface area contributed by atoms with E-state index < -0.39 is 82.4 Å². The quantitative estimate of drug-likeness (QED) is 0.0426. The van der Waals surface area contributed by atoms with Gasteiger partial charge in [0.05, 0.1) is 28.8 Å². The van der Waals surface area contributed by atoms with Crippen LogP contribution >= 0.6 is 0 Å². The molecule has 0 aliphatic carbocycles. The number of allylic oxidation sites excluding steroid dienone is 2. The Morgan fingerprint density at radius 3 is 2.21 bits per heavy atom. The van der Waals surface area contributed by atoms with Gasteiger partial charge in [0.2, 0.25) is 16.9 Å². The molecule has 5 heterocycles. The molecular weight excluding hydrogens is 828 g/mol. The summed E-state index contributed by atoms with van der Waals surface area (Å²) in [5, 5.41) is 1.18. The summed E-state index contributed by atoms with van der Waals surface area (Å²) < 4.78 is 122. The largest absolute Gasteiger partial charge is 0.455 e. The SMILES string of the molecule is CC1=CC(C)(C)N2CCCc3c4c(cc1c32)C(c1c(F)c(F)c(F)c(F)c1C(=O)N(C)CCC(=O)Oc1c(F)c(C)cc(F)c1F)=c1cc2c3c(c1O4)CCC[N+]=3C(C)(C)C=C2C. The Labute approximate surface area is 359 Å². The van der Waals surface area contributed by atoms with Gasteiger partial charge in [-0.15, -0.1) is 0 Å². The third kappa shape index (κ3) is 6.32. The van der Waals surface area contributed by atoms with Gasteiger partial charge in [0.25, 0.3) is 5.91 Å². The molecule has 14 heteroatoms. The molecular formula is C49H45F7N3O4+. The number of anilines is 1. The van der Waals surface area contributed by atoms with Gasteiger partial charge in [-0.25, -0.2) is 30.9 Å². The molecule has 4 aromatic carbocycles. The standard InChI is InChI=1S/C49H45F7N3O4/c1-22-17-31(50)37(52)46(36(22)51)62-32(60)13-16-57(8)47(61)35-34(38(53)40(55)41(56)39(35)54)33-29-18-27-23(2)20-48(4,5)58-14-9-11-25(42(27)58)44(29)63-45-26-12-10-15-59-43(26)28(19-30(33)45)24(3)21-49(59,6)7/h17-21H,9-16H2,1-8H3/q+1. The molecule has 63 heavy (non-hydrogen) atoms. The molecule has 328 valence electrons. The van der Waals surface area contributed by atoms with E-state index >= 15 is 17.6 Å². The van der Waals surface area contributed by atoms with Gasteiger partial charge in [0.1, 0.15) is 18.0 Å². The van der Waals surface area contributed by atoms with E-state index in [9.17, 15) is 22.8 Å². The number of rotatable bonds is 6. The summed E-state index contributed by atoms with van der Waals surface area (Å²) >= 11 is 0. The van der Waals surface area contributed by atoms with Gasteiger partial charge < -0.3 is 19.3 Å². The van der Waals surface area contributed by atoms with Gasteiger partial charge >= 0.3 is 5.97 Å². The van der Waals surface area contributed by atoms with Crippen molar-refractivity contribution < 1.29 is 49.8 Å². The predicted molar refractivity (Wildman–Crippen MR) is 224 cm³/mol. The number of benzene rings is 4. The van der Waals surface area contributed by atoms with E-state index in [1.54, 1.807) is 12.1 Å². The number of amides is 1. The molecule has 0 spiro atoms. The second-order valence-corrected chi connectivity index (χ2v) is 18.3. The van der Waals surface area contributed by atoms with Crippen LogP contribution < -0.4 is 29.5 Å². The highest BCUT2D eigenvalue weighted by Crippen LogP contribution is 2.53. The fraction of sp³-hybridized carbons (Fsp3) is 0.367. The number of carbonyl (C=O) groups excluding carboxylic acids is 2. The van der Waals surface area contributed by atoms with E-state index in [4.69, 9.17) is 9.47 Å². The average Bonchev–Trinajstić information content (AvgIpc) is 3.23. The molecule has 7 nitrogen and oxygen atoms in total. The maximum atomic E-state index is 17.1. The second-order valence-electron chi connectivity index (χ2n) is 18.3. The van der Waals surface area contributed by atoms with Crippen LogP contribution in [0.5, 0.6) is 17.2 Å². The van der Waals surface area contributed by atoms with Crippen LogP contribution in [-0.2, 0) is 17.6 Å². The van der Waals surface area contributed by atoms with E-state index in [1.807, 2.05) is 13.8 Å². The highest BCUT2D eigenvalue weighted by molar-refractivity contribution is 6.04. The van der Waals surface area contributed by atoms with Crippen molar-refractivity contribution in [3.8, 4) is 17.2 Å². The molecule has 9 rings (SSSR count). The Kier molecular flexibility index (Phi) is 9.80. The van der Waals surface area contributed by atoms with E-state index in [1.165, 1.54) is 0 Å². The van der Waals surface area contributed by atoms with E-state index in [-0.39, 0.29) is 33.0 Å². The Hall–Kier alpha value is -5.92. The van der Waals surface area contributed by atoms with Crippen LogP contribution in [0.25, 0.3) is 16.7 Å². The van der Waals surface area contributed by atoms with Crippen molar-refractivity contribution in [2.24, 2.45) is 0 Å². The number of aryl methyl sites for hydroxylation is 1. The van der Waals surface area contributed by atoms with Crippen LogP contribution in [0, 0.1) is 47.6 Å². The van der Waals surface area contributed by atoms with Crippen LogP contribution in [0.2, 0.25) is 0 Å². The summed E-state index contributed by atoms with van der Waals surface area (Å²) in [5.74, 6) is -15.9. The number of ether oxygens (including phenoxy) is 2. The fourth-order valence-corrected chi connectivity index (χ4v) is 10.4. The minimum atomic E-state index is -2.22. The van der Waals surface area contributed by atoms with Gasteiger partial charge in [-0.1, -0.05) is 6.08 Å². The third-order valence-electron chi connectivity index (χ3n) is 13.2. The van der Waals surface area contributed by atoms with E-state index in [0.29, 0.717) is 30.4 Å². The molecule has 0 bridgehead atoms. The van der Waals surface area contributed by atoms with Crippen LogP contribution in [0.15, 0.2) is 30.4 Å². The van der Waals surface area contributed by atoms with E-state index in [0.717, 1.165) is 89.2 Å². The molecule has 1 amide bonds. The van der Waals surface area contributed by atoms with Crippen LogP contribution in [0.1, 0.15) is 110 Å². The number of hydrogen-bond donors (Lipinski definition) is 0. The molecule has 0 saturated heterocycles. The lowest BCUT2D eigenvalue weighted by molar-refractivity contribution is -0.135. The van der Waals surface area contributed by atoms with Crippen molar-refractivity contribution in [1.82, 2.24) is 9.48 Å². The first-order valence-electron chi connectivity index (χ1n) is 21.0. The van der Waals surface area contributed by atoms with Crippen molar-refractivity contribution >= 4 is 34.3 Å². The topological polar surface area (TPSA) is 62.1 Å². The first-order valence-corrected chi connectivity index (χ1v) is 21.0. The molecule has 5 aliphatic rings. The number of nitrogens with zero attached hydrogens (tertiary/aromatic N) is 3. The van der Waals surface area contributed by atoms with Gasteiger partial charge in [0, 0.05) is 79.0 Å². The molecule has 5 aliphatic heterocycles. The van der Waals surface area contributed by atoms with E-state index in [2.05, 4.69) is 49.3 Å². The molecule has 0 N–H and O–H groups in total. The average molecular weight is 873 g/mol. The minimum absolute atomic E-state index is 0.0762. The summed E-state index contributed by atoms with van der Waals surface area (Å²) in [6.45, 7) is 14.3. The molecule has 0 atom stereocenters. The summed E-state index contributed by atoms with van der Waals surface area (Å²) in [4.78, 5) is 30.4. The lowest BCUT2D eigenvalue weighted by atomic mass is 9.78. The zero-order chi connectivity index (χ0) is 45.3.